The van der Waals surface area contributed by atoms with Gasteiger partial charge in [0.25, 0.3) is 0 Å². The fourth-order valence-electron chi connectivity index (χ4n) is 1.89. The number of ether oxygens (including phenoxy) is 1. The monoisotopic (exact) mass is 277 g/mol. The number of aromatic nitrogens is 2. The molecule has 6 nitrogen and oxygen atoms in total. The third-order valence-electron chi connectivity index (χ3n) is 2.80. The van der Waals surface area contributed by atoms with Gasteiger partial charge >= 0.3 is 0 Å². The topological polar surface area (TPSA) is 83.8 Å². The number of hydrogen-bond donors (Lipinski definition) is 0. The van der Waals surface area contributed by atoms with Crippen molar-refractivity contribution in [2.24, 2.45) is 5.11 Å². The van der Waals surface area contributed by atoms with E-state index in [1.807, 2.05) is 0 Å². The van der Waals surface area contributed by atoms with E-state index in [0.717, 1.165) is 10.8 Å². The number of rotatable bonds is 3. The number of hydrogen-bond acceptors (Lipinski definition) is 4. The Labute approximate surface area is 115 Å². The van der Waals surface area contributed by atoms with E-state index >= 15 is 0 Å². The second-order valence-corrected chi connectivity index (χ2v) is 4.86. The summed E-state index contributed by atoms with van der Waals surface area (Å²) in [6.45, 7) is 3.57. The molecular weight excluding hydrogens is 266 g/mol. The van der Waals surface area contributed by atoms with Crippen LogP contribution in [0.5, 0.6) is 5.75 Å². The minimum absolute atomic E-state index is 0.348. The summed E-state index contributed by atoms with van der Waals surface area (Å²) < 4.78 is 5.25. The highest BCUT2D eigenvalue weighted by Crippen LogP contribution is 2.34. The third kappa shape index (κ3) is 2.41. The van der Waals surface area contributed by atoms with Crippen molar-refractivity contribution in [3.8, 4) is 5.75 Å². The summed E-state index contributed by atoms with van der Waals surface area (Å²) in [6.07, 6.45) is 3.20. The predicted octanol–water partition coefficient (Wildman–Crippen LogP) is 3.84. The summed E-state index contributed by atoms with van der Waals surface area (Å²) in [5, 5.41) is 5.66. The van der Waals surface area contributed by atoms with E-state index in [1.54, 1.807) is 39.4 Å². The van der Waals surface area contributed by atoms with Crippen molar-refractivity contribution in [2.75, 3.05) is 7.11 Å². The van der Waals surface area contributed by atoms with E-state index in [4.69, 9.17) is 21.9 Å². The molecule has 19 heavy (non-hydrogen) atoms. The number of methoxy groups -OCH3 is 1. The Kier molecular flexibility index (Phi) is 3.46. The van der Waals surface area contributed by atoms with Crippen molar-refractivity contribution in [3.05, 3.63) is 39.7 Å². The number of azide groups is 1. The van der Waals surface area contributed by atoms with Crippen LogP contribution in [0.15, 0.2) is 23.6 Å². The maximum Gasteiger partial charge on any atom is 0.146 e. The summed E-state index contributed by atoms with van der Waals surface area (Å²) in [6, 6.07) is 1.69. The Morgan fingerprint density at radius 2 is 2.05 bits per heavy atom. The van der Waals surface area contributed by atoms with E-state index in [1.165, 1.54) is 0 Å². The lowest BCUT2D eigenvalue weighted by molar-refractivity contribution is 0.416. The molecule has 0 fully saturated rings. The predicted molar refractivity (Wildman–Crippen MR) is 73.3 cm³/mol. The standard InChI is InChI=1S/C12H12ClN5O/c1-12(2,17-18-14)11-7-4-10(13)15-5-8(7)9(19-3)6-16-11/h4-6H,1-3H3. The summed E-state index contributed by atoms with van der Waals surface area (Å²) >= 11 is 5.93. The van der Waals surface area contributed by atoms with Crippen LogP contribution in [0.25, 0.3) is 21.2 Å². The summed E-state index contributed by atoms with van der Waals surface area (Å²) in [5.41, 5.74) is 8.50. The van der Waals surface area contributed by atoms with Gasteiger partial charge in [0.1, 0.15) is 10.9 Å². The van der Waals surface area contributed by atoms with E-state index in [0.29, 0.717) is 16.6 Å². The van der Waals surface area contributed by atoms with Gasteiger partial charge in [0.15, 0.2) is 0 Å². The zero-order valence-corrected chi connectivity index (χ0v) is 11.5. The fraction of sp³-hybridized carbons (Fsp3) is 0.333. The van der Waals surface area contributed by atoms with Crippen LogP contribution in [0, 0.1) is 0 Å². The van der Waals surface area contributed by atoms with Crippen LogP contribution in [-0.2, 0) is 5.54 Å². The van der Waals surface area contributed by atoms with Gasteiger partial charge in [-0.15, -0.1) is 0 Å². The lowest BCUT2D eigenvalue weighted by Crippen LogP contribution is -2.15. The first-order chi connectivity index (χ1) is 8.99. The number of nitrogens with zero attached hydrogens (tertiary/aromatic N) is 5. The van der Waals surface area contributed by atoms with Gasteiger partial charge in [0.05, 0.1) is 24.5 Å². The Bertz CT molecular complexity index is 679. The Balaban J connectivity index is 2.83. The van der Waals surface area contributed by atoms with Gasteiger partial charge < -0.3 is 4.74 Å². The lowest BCUT2D eigenvalue weighted by Gasteiger charge is -2.20. The quantitative estimate of drug-likeness (QED) is 0.370. The van der Waals surface area contributed by atoms with Gasteiger partial charge in [-0.25, -0.2) is 4.98 Å². The average molecular weight is 278 g/mol. The first-order valence-electron chi connectivity index (χ1n) is 5.54. The van der Waals surface area contributed by atoms with Gasteiger partial charge in [-0.05, 0) is 25.4 Å². The Hall–Kier alpha value is -2.04. The number of fused-ring (bicyclic) bond motifs is 1. The van der Waals surface area contributed by atoms with Gasteiger partial charge in [0.2, 0.25) is 0 Å². The molecule has 0 spiro atoms. The van der Waals surface area contributed by atoms with Crippen LogP contribution in [0.2, 0.25) is 5.15 Å². The minimum Gasteiger partial charge on any atom is -0.494 e. The molecule has 0 radical (unpaired) electrons. The van der Waals surface area contributed by atoms with Crippen LogP contribution in [-0.4, -0.2) is 17.1 Å². The summed E-state index contributed by atoms with van der Waals surface area (Å²) in [5.74, 6) is 0.597. The molecule has 0 amide bonds. The molecule has 2 aromatic heterocycles. The first-order valence-corrected chi connectivity index (χ1v) is 5.92. The summed E-state index contributed by atoms with van der Waals surface area (Å²) in [4.78, 5) is 11.2. The first kappa shape index (κ1) is 13.4. The molecule has 0 aromatic carbocycles. The third-order valence-corrected chi connectivity index (χ3v) is 3.00. The molecule has 0 bridgehead atoms. The van der Waals surface area contributed by atoms with E-state index < -0.39 is 5.54 Å². The zero-order chi connectivity index (χ0) is 14.0. The van der Waals surface area contributed by atoms with E-state index in [-0.39, 0.29) is 0 Å². The molecule has 7 heteroatoms. The van der Waals surface area contributed by atoms with Crippen molar-refractivity contribution in [2.45, 2.75) is 19.4 Å². The van der Waals surface area contributed by atoms with E-state index in [2.05, 4.69) is 20.0 Å². The van der Waals surface area contributed by atoms with Crippen molar-refractivity contribution in [1.82, 2.24) is 9.97 Å². The van der Waals surface area contributed by atoms with Crippen LogP contribution in [0.4, 0.5) is 0 Å². The van der Waals surface area contributed by atoms with Gasteiger partial charge in [-0.3, -0.25) is 4.98 Å². The molecule has 2 aromatic rings. The molecule has 0 N–H and O–H groups in total. The molecule has 0 saturated carbocycles. The van der Waals surface area contributed by atoms with Crippen LogP contribution < -0.4 is 4.74 Å². The Morgan fingerprint density at radius 1 is 1.32 bits per heavy atom. The maximum absolute atomic E-state index is 8.66. The highest BCUT2D eigenvalue weighted by molar-refractivity contribution is 6.30. The molecule has 2 rings (SSSR count). The molecule has 98 valence electrons. The van der Waals surface area contributed by atoms with Gasteiger partial charge in [-0.1, -0.05) is 16.7 Å². The molecule has 0 unspecified atom stereocenters. The fourth-order valence-corrected chi connectivity index (χ4v) is 2.05. The molecule has 0 aliphatic heterocycles. The van der Waals surface area contributed by atoms with Gasteiger partial charge in [-0.2, -0.15) is 0 Å². The molecule has 0 saturated heterocycles. The zero-order valence-electron chi connectivity index (χ0n) is 10.8. The average Bonchev–Trinajstić information content (AvgIpc) is 2.36. The largest absolute Gasteiger partial charge is 0.494 e. The highest BCUT2D eigenvalue weighted by atomic mass is 35.5. The molecular formula is C12H12ClN5O. The van der Waals surface area contributed by atoms with Crippen molar-refractivity contribution in [3.63, 3.8) is 0 Å². The number of halogens is 1. The smallest absolute Gasteiger partial charge is 0.146 e. The maximum atomic E-state index is 8.66. The van der Waals surface area contributed by atoms with Crippen LogP contribution in [0.1, 0.15) is 19.5 Å². The highest BCUT2D eigenvalue weighted by Gasteiger charge is 2.24. The minimum atomic E-state index is -0.788. The summed E-state index contributed by atoms with van der Waals surface area (Å²) in [7, 11) is 1.56. The second kappa shape index (κ2) is 4.91. The van der Waals surface area contributed by atoms with Crippen LogP contribution in [0.3, 0.4) is 0 Å². The second-order valence-electron chi connectivity index (χ2n) is 4.48. The van der Waals surface area contributed by atoms with Crippen LogP contribution >= 0.6 is 11.6 Å². The molecule has 2 heterocycles. The van der Waals surface area contributed by atoms with Crippen molar-refractivity contribution >= 4 is 22.4 Å². The normalized spacial score (nSPS) is 11.2. The lowest BCUT2D eigenvalue weighted by atomic mass is 9.96. The number of pyridine rings is 2. The van der Waals surface area contributed by atoms with Crippen molar-refractivity contribution < 1.29 is 4.74 Å². The van der Waals surface area contributed by atoms with E-state index in [9.17, 15) is 0 Å². The van der Waals surface area contributed by atoms with Gasteiger partial charge in [0, 0.05) is 21.9 Å². The molecule has 0 aliphatic rings. The molecule has 0 atom stereocenters. The van der Waals surface area contributed by atoms with Crippen molar-refractivity contribution in [1.29, 1.82) is 0 Å². The molecule has 0 aliphatic carbocycles. The Morgan fingerprint density at radius 3 is 2.68 bits per heavy atom. The SMILES string of the molecule is COc1cnc(C(C)(C)N=[N+]=[N-])c2cc(Cl)ncc12.